The summed E-state index contributed by atoms with van der Waals surface area (Å²) in [6.45, 7) is 6.10. The first-order chi connectivity index (χ1) is 6.94. The standard InChI is InChI=1S/C11H20N2O2/c1-10(2,15-9(12)14)7-11-3-4-13-6-8(11)5-11/h8,13H,3-7H2,1-2H3,(H2,12,14). The molecule has 1 aliphatic heterocycles. The molecule has 1 aliphatic carbocycles. The molecule has 0 radical (unpaired) electrons. The summed E-state index contributed by atoms with van der Waals surface area (Å²) in [6, 6.07) is 0. The number of hydrogen-bond donors (Lipinski definition) is 2. The lowest BCUT2D eigenvalue weighted by Gasteiger charge is -2.32. The van der Waals surface area contributed by atoms with Crippen LogP contribution in [0.15, 0.2) is 0 Å². The monoisotopic (exact) mass is 212 g/mol. The minimum absolute atomic E-state index is 0.419. The van der Waals surface area contributed by atoms with E-state index in [9.17, 15) is 4.79 Å². The van der Waals surface area contributed by atoms with Crippen molar-refractivity contribution in [1.29, 1.82) is 0 Å². The van der Waals surface area contributed by atoms with Crippen molar-refractivity contribution in [2.45, 2.75) is 38.7 Å². The first-order valence-electron chi connectivity index (χ1n) is 5.63. The second-order valence-corrected chi connectivity index (χ2v) is 5.58. The average Bonchev–Trinajstić information content (AvgIpc) is 2.73. The normalized spacial score (nSPS) is 34.4. The number of fused-ring (bicyclic) bond motifs is 1. The number of carbonyl (C=O) groups excluding carboxylic acids is 1. The summed E-state index contributed by atoms with van der Waals surface area (Å²) >= 11 is 0. The molecule has 2 fully saturated rings. The summed E-state index contributed by atoms with van der Waals surface area (Å²) < 4.78 is 5.15. The van der Waals surface area contributed by atoms with E-state index < -0.39 is 11.7 Å². The molecule has 2 unspecified atom stereocenters. The maximum atomic E-state index is 10.8. The zero-order chi connectivity index (χ0) is 11.1. The van der Waals surface area contributed by atoms with E-state index in [-0.39, 0.29) is 0 Å². The maximum absolute atomic E-state index is 10.8. The van der Waals surface area contributed by atoms with E-state index >= 15 is 0 Å². The third-order valence-corrected chi connectivity index (χ3v) is 3.70. The summed E-state index contributed by atoms with van der Waals surface area (Å²) in [5.41, 5.74) is 5.07. The fourth-order valence-electron chi connectivity index (χ4n) is 3.10. The van der Waals surface area contributed by atoms with Gasteiger partial charge in [0.1, 0.15) is 5.60 Å². The number of ether oxygens (including phenoxy) is 1. The fourth-order valence-corrected chi connectivity index (χ4v) is 3.10. The summed E-state index contributed by atoms with van der Waals surface area (Å²) in [7, 11) is 0. The Hall–Kier alpha value is -0.770. The molecular weight excluding hydrogens is 192 g/mol. The lowest BCUT2D eigenvalue weighted by molar-refractivity contribution is 0.0175. The number of carbonyl (C=O) groups is 1. The molecule has 0 aromatic rings. The Morgan fingerprint density at radius 3 is 3.00 bits per heavy atom. The summed E-state index contributed by atoms with van der Waals surface area (Å²) in [5.74, 6) is 0.780. The molecule has 2 aliphatic rings. The van der Waals surface area contributed by atoms with Crippen LogP contribution in [0.25, 0.3) is 0 Å². The quantitative estimate of drug-likeness (QED) is 0.740. The molecule has 2 rings (SSSR count). The Morgan fingerprint density at radius 1 is 1.67 bits per heavy atom. The van der Waals surface area contributed by atoms with E-state index in [1.165, 1.54) is 12.8 Å². The van der Waals surface area contributed by atoms with Gasteiger partial charge in [-0.25, -0.2) is 4.79 Å². The van der Waals surface area contributed by atoms with E-state index in [1.807, 2.05) is 13.8 Å². The largest absolute Gasteiger partial charge is 0.444 e. The van der Waals surface area contributed by atoms with Crippen molar-refractivity contribution < 1.29 is 9.53 Å². The number of nitrogens with one attached hydrogen (secondary N) is 1. The van der Waals surface area contributed by atoms with Crippen molar-refractivity contribution in [3.63, 3.8) is 0 Å². The number of hydrogen-bond acceptors (Lipinski definition) is 3. The molecule has 15 heavy (non-hydrogen) atoms. The molecule has 2 atom stereocenters. The van der Waals surface area contributed by atoms with Gasteiger partial charge in [0.2, 0.25) is 0 Å². The van der Waals surface area contributed by atoms with Crippen LogP contribution in [0.3, 0.4) is 0 Å². The highest BCUT2D eigenvalue weighted by atomic mass is 16.6. The van der Waals surface area contributed by atoms with Crippen LogP contribution >= 0.6 is 0 Å². The first-order valence-corrected chi connectivity index (χ1v) is 5.63. The number of amides is 1. The van der Waals surface area contributed by atoms with Gasteiger partial charge in [0.15, 0.2) is 0 Å². The molecule has 86 valence electrons. The van der Waals surface area contributed by atoms with E-state index in [0.29, 0.717) is 5.41 Å². The van der Waals surface area contributed by atoms with Crippen LogP contribution in [0, 0.1) is 11.3 Å². The van der Waals surface area contributed by atoms with Crippen LogP contribution < -0.4 is 11.1 Å². The Labute approximate surface area is 90.5 Å². The van der Waals surface area contributed by atoms with Crippen LogP contribution in [-0.2, 0) is 4.74 Å². The predicted molar refractivity (Wildman–Crippen MR) is 57.4 cm³/mol. The second-order valence-electron chi connectivity index (χ2n) is 5.58. The fraction of sp³-hybridized carbons (Fsp3) is 0.909. The third-order valence-electron chi connectivity index (χ3n) is 3.70. The van der Waals surface area contributed by atoms with Crippen molar-refractivity contribution in [2.75, 3.05) is 13.1 Å². The minimum Gasteiger partial charge on any atom is -0.444 e. The average molecular weight is 212 g/mol. The van der Waals surface area contributed by atoms with E-state index in [2.05, 4.69) is 5.32 Å². The molecule has 4 nitrogen and oxygen atoms in total. The third kappa shape index (κ3) is 2.25. The van der Waals surface area contributed by atoms with Crippen LogP contribution in [0.5, 0.6) is 0 Å². The van der Waals surface area contributed by atoms with Gasteiger partial charge in [-0.15, -0.1) is 0 Å². The van der Waals surface area contributed by atoms with Crippen molar-refractivity contribution in [3.8, 4) is 0 Å². The predicted octanol–water partition coefficient (Wildman–Crippen LogP) is 1.25. The van der Waals surface area contributed by atoms with Gasteiger partial charge in [-0.05, 0) is 57.5 Å². The van der Waals surface area contributed by atoms with Crippen LogP contribution in [0.1, 0.15) is 33.1 Å². The van der Waals surface area contributed by atoms with Gasteiger partial charge in [0.05, 0.1) is 0 Å². The van der Waals surface area contributed by atoms with Crippen molar-refractivity contribution in [2.24, 2.45) is 17.1 Å². The smallest absolute Gasteiger partial charge is 0.405 e. The molecule has 0 spiro atoms. The Morgan fingerprint density at radius 2 is 2.40 bits per heavy atom. The molecule has 3 N–H and O–H groups in total. The van der Waals surface area contributed by atoms with E-state index in [1.54, 1.807) is 0 Å². The zero-order valence-corrected chi connectivity index (χ0v) is 9.51. The molecule has 4 heteroatoms. The molecule has 1 saturated heterocycles. The van der Waals surface area contributed by atoms with Crippen molar-refractivity contribution in [1.82, 2.24) is 5.32 Å². The van der Waals surface area contributed by atoms with Gasteiger partial charge in [0.25, 0.3) is 0 Å². The molecule has 1 amide bonds. The molecule has 0 aromatic carbocycles. The van der Waals surface area contributed by atoms with E-state index in [0.717, 1.165) is 25.4 Å². The Bertz CT molecular complexity index is 278. The van der Waals surface area contributed by atoms with Crippen LogP contribution in [-0.4, -0.2) is 24.8 Å². The summed E-state index contributed by atoms with van der Waals surface area (Å²) in [5, 5.41) is 3.40. The maximum Gasteiger partial charge on any atom is 0.405 e. The highest BCUT2D eigenvalue weighted by Gasteiger charge is 2.57. The molecule has 0 aromatic heterocycles. The molecule has 0 bridgehead atoms. The van der Waals surface area contributed by atoms with Gasteiger partial charge in [-0.3, -0.25) is 0 Å². The highest BCUT2D eigenvalue weighted by Crippen LogP contribution is 2.60. The molecule has 1 heterocycles. The van der Waals surface area contributed by atoms with Crippen LogP contribution in [0.4, 0.5) is 4.79 Å². The number of piperidine rings is 1. The van der Waals surface area contributed by atoms with Crippen molar-refractivity contribution >= 4 is 6.09 Å². The molecular formula is C11H20N2O2. The Kier molecular flexibility index (Phi) is 2.41. The first kappa shape index (κ1) is 10.7. The van der Waals surface area contributed by atoms with Gasteiger partial charge >= 0.3 is 6.09 Å². The summed E-state index contributed by atoms with van der Waals surface area (Å²) in [6.07, 6.45) is 2.74. The Balaban J connectivity index is 1.93. The molecule has 1 saturated carbocycles. The summed E-state index contributed by atoms with van der Waals surface area (Å²) in [4.78, 5) is 10.8. The number of rotatable bonds is 3. The minimum atomic E-state index is -0.664. The van der Waals surface area contributed by atoms with Gasteiger partial charge < -0.3 is 15.8 Å². The number of nitrogens with two attached hydrogens (primary N) is 1. The van der Waals surface area contributed by atoms with E-state index in [4.69, 9.17) is 10.5 Å². The lowest BCUT2D eigenvalue weighted by atomic mass is 9.84. The van der Waals surface area contributed by atoms with Crippen LogP contribution in [0.2, 0.25) is 0 Å². The van der Waals surface area contributed by atoms with Gasteiger partial charge in [-0.2, -0.15) is 0 Å². The van der Waals surface area contributed by atoms with Crippen molar-refractivity contribution in [3.05, 3.63) is 0 Å². The lowest BCUT2D eigenvalue weighted by Crippen LogP contribution is -2.37. The van der Waals surface area contributed by atoms with Gasteiger partial charge in [-0.1, -0.05) is 0 Å². The van der Waals surface area contributed by atoms with Gasteiger partial charge in [0, 0.05) is 0 Å². The highest BCUT2D eigenvalue weighted by molar-refractivity contribution is 5.65. The second kappa shape index (κ2) is 3.37. The zero-order valence-electron chi connectivity index (χ0n) is 9.51. The number of primary amides is 1. The SMILES string of the molecule is CC(C)(CC12CCNCC1C2)OC(N)=O. The topological polar surface area (TPSA) is 64.3 Å².